The van der Waals surface area contributed by atoms with Gasteiger partial charge in [-0.2, -0.15) is 0 Å². The molecule has 0 saturated carbocycles. The van der Waals surface area contributed by atoms with E-state index < -0.39 is 21.3 Å². The molecule has 0 aromatic heterocycles. The van der Waals surface area contributed by atoms with Gasteiger partial charge in [-0.25, -0.2) is 8.42 Å². The SMILES string of the molecule is COCc1c(S(C)(=O)=O)ccc(C(=O)C2SCCN(C)C2O)c1C. The van der Waals surface area contributed by atoms with Crippen molar-refractivity contribution in [1.82, 2.24) is 4.90 Å². The Labute approximate surface area is 147 Å². The highest BCUT2D eigenvalue weighted by molar-refractivity contribution is 8.00. The Hall–Kier alpha value is -0.930. The summed E-state index contributed by atoms with van der Waals surface area (Å²) >= 11 is 1.42. The number of aliphatic hydroxyl groups excluding tert-OH is 1. The number of thioether (sulfide) groups is 1. The zero-order valence-electron chi connectivity index (χ0n) is 14.3. The fourth-order valence-corrected chi connectivity index (χ4v) is 5.09. The Balaban J connectivity index is 2.47. The third-order valence-corrected chi connectivity index (χ3v) is 6.65. The van der Waals surface area contributed by atoms with Crippen LogP contribution in [0.25, 0.3) is 0 Å². The number of carbonyl (C=O) groups excluding carboxylic acids is 1. The largest absolute Gasteiger partial charge is 0.380 e. The van der Waals surface area contributed by atoms with Crippen molar-refractivity contribution in [1.29, 1.82) is 0 Å². The van der Waals surface area contributed by atoms with Crippen LogP contribution in [0.3, 0.4) is 0 Å². The number of Topliss-reactive ketones (excluding diaryl/α,β-unsaturated/α-hetero) is 1. The van der Waals surface area contributed by atoms with Crippen LogP contribution >= 0.6 is 11.8 Å². The maximum absolute atomic E-state index is 12.9. The van der Waals surface area contributed by atoms with Crippen molar-refractivity contribution in [3.05, 3.63) is 28.8 Å². The fourth-order valence-electron chi connectivity index (χ4n) is 2.81. The normalized spacial score (nSPS) is 22.5. The minimum Gasteiger partial charge on any atom is -0.380 e. The summed E-state index contributed by atoms with van der Waals surface area (Å²) in [6.07, 6.45) is 0.286. The number of methoxy groups -OCH3 is 1. The van der Waals surface area contributed by atoms with Gasteiger partial charge in [0.05, 0.1) is 11.5 Å². The predicted molar refractivity (Wildman–Crippen MR) is 94.2 cm³/mol. The van der Waals surface area contributed by atoms with Gasteiger partial charge in [-0.05, 0) is 37.2 Å². The first-order valence-corrected chi connectivity index (χ1v) is 10.5. The molecule has 0 amide bonds. The molecule has 2 rings (SSSR count). The summed E-state index contributed by atoms with van der Waals surface area (Å²) in [6, 6.07) is 2.99. The Morgan fingerprint density at radius 2 is 2.12 bits per heavy atom. The predicted octanol–water partition coefficient (Wildman–Crippen LogP) is 1.09. The van der Waals surface area contributed by atoms with Gasteiger partial charge in [0.2, 0.25) is 0 Å². The molecule has 1 aliphatic rings. The summed E-state index contributed by atoms with van der Waals surface area (Å²) in [5.74, 6) is 0.573. The fraction of sp³-hybridized carbons (Fsp3) is 0.562. The van der Waals surface area contributed by atoms with E-state index in [1.165, 1.54) is 31.0 Å². The van der Waals surface area contributed by atoms with Crippen LogP contribution in [0.2, 0.25) is 0 Å². The van der Waals surface area contributed by atoms with Gasteiger partial charge in [-0.1, -0.05) is 0 Å². The molecule has 1 fully saturated rings. The van der Waals surface area contributed by atoms with Gasteiger partial charge in [0.1, 0.15) is 11.5 Å². The van der Waals surface area contributed by atoms with E-state index >= 15 is 0 Å². The quantitative estimate of drug-likeness (QED) is 0.774. The van der Waals surface area contributed by atoms with Crippen molar-refractivity contribution < 1.29 is 23.1 Å². The van der Waals surface area contributed by atoms with E-state index in [2.05, 4.69) is 0 Å². The maximum atomic E-state index is 12.9. The summed E-state index contributed by atoms with van der Waals surface area (Å²) in [5, 5.41) is 9.70. The second-order valence-electron chi connectivity index (χ2n) is 5.97. The van der Waals surface area contributed by atoms with Gasteiger partial charge in [-0.15, -0.1) is 11.8 Å². The topological polar surface area (TPSA) is 83.9 Å². The van der Waals surface area contributed by atoms with Crippen LogP contribution in [-0.2, 0) is 21.2 Å². The zero-order chi connectivity index (χ0) is 18.1. The van der Waals surface area contributed by atoms with Crippen LogP contribution in [0.1, 0.15) is 21.5 Å². The van der Waals surface area contributed by atoms with E-state index in [9.17, 15) is 18.3 Å². The van der Waals surface area contributed by atoms with E-state index in [-0.39, 0.29) is 17.3 Å². The number of carbonyl (C=O) groups is 1. The number of ketones is 1. The highest BCUT2D eigenvalue weighted by Crippen LogP contribution is 2.30. The molecular formula is C16H23NO5S2. The summed E-state index contributed by atoms with van der Waals surface area (Å²) in [5.41, 5.74) is 1.52. The Bertz CT molecular complexity index is 732. The zero-order valence-corrected chi connectivity index (χ0v) is 15.9. The van der Waals surface area contributed by atoms with Gasteiger partial charge in [0.15, 0.2) is 15.6 Å². The number of aliphatic hydroxyl groups is 1. The van der Waals surface area contributed by atoms with Gasteiger partial charge < -0.3 is 9.84 Å². The molecule has 1 heterocycles. The molecule has 1 aliphatic heterocycles. The highest BCUT2D eigenvalue weighted by Gasteiger charge is 2.35. The van der Waals surface area contributed by atoms with Crippen LogP contribution in [0.5, 0.6) is 0 Å². The van der Waals surface area contributed by atoms with Crippen LogP contribution in [-0.4, -0.2) is 68.4 Å². The van der Waals surface area contributed by atoms with Crippen LogP contribution in [0, 0.1) is 6.92 Å². The lowest BCUT2D eigenvalue weighted by Gasteiger charge is -2.34. The molecule has 1 aromatic rings. The van der Waals surface area contributed by atoms with Gasteiger partial charge in [0.25, 0.3) is 0 Å². The third kappa shape index (κ3) is 3.83. The molecular weight excluding hydrogens is 350 g/mol. The Morgan fingerprint density at radius 1 is 1.46 bits per heavy atom. The van der Waals surface area contributed by atoms with Gasteiger partial charge in [0, 0.05) is 31.2 Å². The molecule has 1 saturated heterocycles. The number of ether oxygens (including phenoxy) is 1. The number of benzene rings is 1. The Morgan fingerprint density at radius 3 is 2.71 bits per heavy atom. The summed E-state index contributed by atoms with van der Waals surface area (Å²) in [4.78, 5) is 14.8. The molecule has 0 spiro atoms. The number of sulfone groups is 1. The highest BCUT2D eigenvalue weighted by atomic mass is 32.2. The number of rotatable bonds is 5. The lowest BCUT2D eigenvalue weighted by molar-refractivity contribution is 0.0211. The molecule has 1 aromatic carbocycles. The molecule has 2 unspecified atom stereocenters. The lowest BCUT2D eigenvalue weighted by Crippen LogP contribution is -2.48. The standard InChI is InChI=1S/C16H23NO5S2/c1-10-11(14(18)15-16(19)17(2)7-8-23-15)5-6-13(24(4,20)21)12(10)9-22-3/h5-6,15-16,19H,7-9H2,1-4H3. The van der Waals surface area contributed by atoms with Gasteiger partial charge >= 0.3 is 0 Å². The minimum absolute atomic E-state index is 0.107. The molecule has 24 heavy (non-hydrogen) atoms. The first-order chi connectivity index (χ1) is 11.2. The second-order valence-corrected chi connectivity index (χ2v) is 9.20. The number of hydrogen-bond acceptors (Lipinski definition) is 7. The van der Waals surface area contributed by atoms with Crippen molar-refractivity contribution in [2.45, 2.75) is 29.9 Å². The van der Waals surface area contributed by atoms with Crippen LogP contribution < -0.4 is 0 Å². The second kappa shape index (κ2) is 7.53. The van der Waals surface area contributed by atoms with Crippen molar-refractivity contribution in [3.8, 4) is 0 Å². The smallest absolute Gasteiger partial charge is 0.180 e. The van der Waals surface area contributed by atoms with E-state index in [0.717, 1.165) is 18.6 Å². The number of hydrogen-bond donors (Lipinski definition) is 1. The molecule has 0 bridgehead atoms. The maximum Gasteiger partial charge on any atom is 0.180 e. The van der Waals surface area contributed by atoms with E-state index in [4.69, 9.17) is 4.74 Å². The molecule has 134 valence electrons. The minimum atomic E-state index is -3.42. The van der Waals surface area contributed by atoms with Crippen molar-refractivity contribution in [3.63, 3.8) is 0 Å². The average molecular weight is 373 g/mol. The average Bonchev–Trinajstić information content (AvgIpc) is 2.50. The summed E-state index contributed by atoms with van der Waals surface area (Å²) < 4.78 is 29.1. The van der Waals surface area contributed by atoms with Gasteiger partial charge in [-0.3, -0.25) is 9.69 Å². The van der Waals surface area contributed by atoms with Crippen LogP contribution in [0.4, 0.5) is 0 Å². The van der Waals surface area contributed by atoms with Crippen molar-refractivity contribution in [2.24, 2.45) is 0 Å². The Kier molecular flexibility index (Phi) is 6.09. The molecule has 0 radical (unpaired) electrons. The molecule has 1 N–H and O–H groups in total. The monoisotopic (exact) mass is 373 g/mol. The first-order valence-electron chi connectivity index (χ1n) is 7.54. The van der Waals surface area contributed by atoms with E-state index in [1.54, 1.807) is 18.9 Å². The third-order valence-electron chi connectivity index (χ3n) is 4.23. The van der Waals surface area contributed by atoms with E-state index in [0.29, 0.717) is 16.7 Å². The summed E-state index contributed by atoms with van der Waals surface area (Å²) in [6.45, 7) is 2.55. The molecule has 0 aliphatic carbocycles. The lowest BCUT2D eigenvalue weighted by atomic mass is 9.97. The molecule has 2 atom stereocenters. The first kappa shape index (κ1) is 19.4. The molecule has 6 nitrogen and oxygen atoms in total. The van der Waals surface area contributed by atoms with Crippen molar-refractivity contribution in [2.75, 3.05) is 32.7 Å². The summed E-state index contributed by atoms with van der Waals surface area (Å²) in [7, 11) is -0.159. The molecule has 8 heteroatoms. The van der Waals surface area contributed by atoms with Crippen LogP contribution in [0.15, 0.2) is 17.0 Å². The number of nitrogens with zero attached hydrogens (tertiary/aromatic N) is 1. The van der Waals surface area contributed by atoms with E-state index in [1.807, 2.05) is 0 Å². The van der Waals surface area contributed by atoms with Crippen molar-refractivity contribution >= 4 is 27.4 Å².